The maximum absolute atomic E-state index is 12.8. The van der Waals surface area contributed by atoms with Crippen LogP contribution >= 0.6 is 0 Å². The number of fused-ring (bicyclic) bond motifs is 2. The lowest BCUT2D eigenvalue weighted by molar-refractivity contribution is -0.144. The van der Waals surface area contributed by atoms with Gasteiger partial charge in [-0.1, -0.05) is 18.2 Å². The summed E-state index contributed by atoms with van der Waals surface area (Å²) in [5, 5.41) is 5.80. The van der Waals surface area contributed by atoms with E-state index in [-0.39, 0.29) is 30.2 Å². The van der Waals surface area contributed by atoms with Gasteiger partial charge >= 0.3 is 0 Å². The summed E-state index contributed by atoms with van der Waals surface area (Å²) >= 11 is 0. The predicted octanol–water partition coefficient (Wildman–Crippen LogP) is 1.48. The fourth-order valence-electron chi connectivity index (χ4n) is 3.97. The number of carbonyl (C=O) groups excluding carboxylic acids is 1. The summed E-state index contributed by atoms with van der Waals surface area (Å²) in [6, 6.07) is 7.55. The standard InChI is InChI=1S/C18H21N3O3/c1-12-13-5-2-3-6-14(13)18(23)21(19-12)11-17(22)20-9-10-24-16-8-4-7-15(16)20/h2-3,5-6,15-16H,4,7-11H2,1H3/t15-,16-/m0/s1. The van der Waals surface area contributed by atoms with Crippen LogP contribution in [-0.2, 0) is 16.1 Å². The highest BCUT2D eigenvalue weighted by molar-refractivity contribution is 5.83. The molecule has 2 heterocycles. The number of benzene rings is 1. The van der Waals surface area contributed by atoms with E-state index >= 15 is 0 Å². The van der Waals surface area contributed by atoms with Crippen molar-refractivity contribution in [1.82, 2.24) is 14.7 Å². The molecule has 1 aromatic heterocycles. The fourth-order valence-corrected chi connectivity index (χ4v) is 3.97. The Morgan fingerprint density at radius 1 is 1.29 bits per heavy atom. The van der Waals surface area contributed by atoms with E-state index in [9.17, 15) is 9.59 Å². The molecule has 6 nitrogen and oxygen atoms in total. The molecule has 0 N–H and O–H groups in total. The van der Waals surface area contributed by atoms with Crippen LogP contribution in [0.1, 0.15) is 25.0 Å². The third-order valence-electron chi connectivity index (χ3n) is 5.14. The first-order chi connectivity index (χ1) is 11.6. The molecule has 0 spiro atoms. The highest BCUT2D eigenvalue weighted by atomic mass is 16.5. The van der Waals surface area contributed by atoms with Gasteiger partial charge in [0.1, 0.15) is 6.54 Å². The average Bonchev–Trinajstić information content (AvgIpc) is 3.08. The lowest BCUT2D eigenvalue weighted by atomic mass is 10.1. The number of aromatic nitrogens is 2. The van der Waals surface area contributed by atoms with Crippen LogP contribution in [0, 0.1) is 6.92 Å². The summed E-state index contributed by atoms with van der Waals surface area (Å²) < 4.78 is 7.06. The lowest BCUT2D eigenvalue weighted by Crippen LogP contribution is -2.52. The second-order valence-electron chi connectivity index (χ2n) is 6.59. The Bertz CT molecular complexity index is 845. The van der Waals surface area contributed by atoms with E-state index in [0.29, 0.717) is 18.5 Å². The van der Waals surface area contributed by atoms with Crippen LogP contribution in [0.25, 0.3) is 10.8 Å². The zero-order chi connectivity index (χ0) is 16.7. The van der Waals surface area contributed by atoms with E-state index < -0.39 is 0 Å². The summed E-state index contributed by atoms with van der Waals surface area (Å²) in [5.41, 5.74) is 0.555. The van der Waals surface area contributed by atoms with Crippen LogP contribution < -0.4 is 5.56 Å². The molecule has 6 heteroatoms. The lowest BCUT2D eigenvalue weighted by Gasteiger charge is -2.37. The van der Waals surface area contributed by atoms with E-state index in [0.717, 1.165) is 30.3 Å². The molecule has 0 radical (unpaired) electrons. The number of hydrogen-bond donors (Lipinski definition) is 0. The van der Waals surface area contributed by atoms with Crippen molar-refractivity contribution in [2.24, 2.45) is 0 Å². The Morgan fingerprint density at radius 2 is 2.08 bits per heavy atom. The van der Waals surface area contributed by atoms with Gasteiger partial charge in [-0.2, -0.15) is 5.10 Å². The first-order valence-corrected chi connectivity index (χ1v) is 8.52. The van der Waals surface area contributed by atoms with Crippen LogP contribution in [0.3, 0.4) is 0 Å². The number of amides is 1. The second kappa shape index (κ2) is 6.02. The second-order valence-corrected chi connectivity index (χ2v) is 6.59. The Hall–Kier alpha value is -2.21. The maximum atomic E-state index is 12.8. The summed E-state index contributed by atoms with van der Waals surface area (Å²) in [6.45, 7) is 3.03. The van der Waals surface area contributed by atoms with E-state index in [1.807, 2.05) is 30.0 Å². The molecule has 1 aliphatic carbocycles. The van der Waals surface area contributed by atoms with Crippen molar-refractivity contribution in [3.63, 3.8) is 0 Å². The third-order valence-corrected chi connectivity index (χ3v) is 5.14. The molecule has 1 amide bonds. The monoisotopic (exact) mass is 327 g/mol. The molecule has 24 heavy (non-hydrogen) atoms. The van der Waals surface area contributed by atoms with Crippen molar-refractivity contribution >= 4 is 16.7 Å². The molecule has 126 valence electrons. The number of nitrogens with zero attached hydrogens (tertiary/aromatic N) is 3. The first-order valence-electron chi connectivity index (χ1n) is 8.52. The van der Waals surface area contributed by atoms with Gasteiger partial charge in [0.15, 0.2) is 0 Å². The maximum Gasteiger partial charge on any atom is 0.275 e. The minimum Gasteiger partial charge on any atom is -0.374 e. The van der Waals surface area contributed by atoms with Gasteiger partial charge in [0.05, 0.1) is 29.8 Å². The van der Waals surface area contributed by atoms with Crippen molar-refractivity contribution in [3.8, 4) is 0 Å². The largest absolute Gasteiger partial charge is 0.374 e. The summed E-state index contributed by atoms with van der Waals surface area (Å²) in [6.07, 6.45) is 3.24. The molecule has 4 rings (SSSR count). The normalized spacial score (nSPS) is 23.5. The molecule has 2 atom stereocenters. The molecule has 0 bridgehead atoms. The van der Waals surface area contributed by atoms with Crippen LogP contribution in [0.4, 0.5) is 0 Å². The quantitative estimate of drug-likeness (QED) is 0.838. The highest BCUT2D eigenvalue weighted by Crippen LogP contribution is 2.29. The van der Waals surface area contributed by atoms with Crippen molar-refractivity contribution in [2.45, 2.75) is 44.9 Å². The van der Waals surface area contributed by atoms with Gasteiger partial charge in [0.25, 0.3) is 5.56 Å². The molecule has 2 fully saturated rings. The molecule has 0 unspecified atom stereocenters. The van der Waals surface area contributed by atoms with Crippen LogP contribution in [0.2, 0.25) is 0 Å². The van der Waals surface area contributed by atoms with Crippen LogP contribution in [0.5, 0.6) is 0 Å². The number of carbonyl (C=O) groups is 1. The third kappa shape index (κ3) is 2.51. The van der Waals surface area contributed by atoms with Gasteiger partial charge in [-0.15, -0.1) is 0 Å². The van der Waals surface area contributed by atoms with E-state index in [4.69, 9.17) is 4.74 Å². The molecular formula is C18H21N3O3. The SMILES string of the molecule is Cc1nn(CC(=O)N2CCO[C@H]3CCC[C@@H]32)c(=O)c2ccccc12. The van der Waals surface area contributed by atoms with Gasteiger partial charge in [-0.25, -0.2) is 4.68 Å². The van der Waals surface area contributed by atoms with Gasteiger partial charge in [0.2, 0.25) is 5.91 Å². The highest BCUT2D eigenvalue weighted by Gasteiger charge is 2.38. The molecule has 1 saturated carbocycles. The molecule has 1 aliphatic heterocycles. The van der Waals surface area contributed by atoms with Crippen molar-refractivity contribution in [2.75, 3.05) is 13.2 Å². The number of hydrogen-bond acceptors (Lipinski definition) is 4. The Labute approximate surface area is 140 Å². The number of rotatable bonds is 2. The van der Waals surface area contributed by atoms with Crippen molar-refractivity contribution in [3.05, 3.63) is 40.3 Å². The van der Waals surface area contributed by atoms with Gasteiger partial charge in [-0.3, -0.25) is 9.59 Å². The van der Waals surface area contributed by atoms with Gasteiger partial charge in [0, 0.05) is 11.9 Å². The molecule has 2 aromatic rings. The fraction of sp³-hybridized carbons (Fsp3) is 0.500. The predicted molar refractivity (Wildman–Crippen MR) is 89.8 cm³/mol. The Balaban J connectivity index is 1.63. The Kier molecular flexibility index (Phi) is 3.84. The average molecular weight is 327 g/mol. The first kappa shape index (κ1) is 15.3. The summed E-state index contributed by atoms with van der Waals surface area (Å²) in [7, 11) is 0. The summed E-state index contributed by atoms with van der Waals surface area (Å²) in [4.78, 5) is 27.3. The molecule has 1 saturated heterocycles. The van der Waals surface area contributed by atoms with Crippen molar-refractivity contribution < 1.29 is 9.53 Å². The number of morpholine rings is 1. The molecule has 2 aliphatic rings. The minimum absolute atomic E-state index is 0.00622. The van der Waals surface area contributed by atoms with Crippen molar-refractivity contribution in [1.29, 1.82) is 0 Å². The number of ether oxygens (including phenoxy) is 1. The number of aryl methyl sites for hydroxylation is 1. The van der Waals surface area contributed by atoms with E-state index in [1.54, 1.807) is 6.07 Å². The zero-order valence-corrected chi connectivity index (χ0v) is 13.8. The van der Waals surface area contributed by atoms with Crippen LogP contribution in [-0.4, -0.2) is 45.9 Å². The Morgan fingerprint density at radius 3 is 2.92 bits per heavy atom. The van der Waals surface area contributed by atoms with Crippen LogP contribution in [0.15, 0.2) is 29.1 Å². The smallest absolute Gasteiger partial charge is 0.275 e. The minimum atomic E-state index is -0.208. The molecule has 1 aromatic carbocycles. The molecular weight excluding hydrogens is 306 g/mol. The van der Waals surface area contributed by atoms with Gasteiger partial charge < -0.3 is 9.64 Å². The van der Waals surface area contributed by atoms with E-state index in [2.05, 4.69) is 5.10 Å². The summed E-state index contributed by atoms with van der Waals surface area (Å²) in [5.74, 6) is -0.0421. The topological polar surface area (TPSA) is 64.4 Å². The zero-order valence-electron chi connectivity index (χ0n) is 13.8. The van der Waals surface area contributed by atoms with E-state index in [1.165, 1.54) is 4.68 Å². The van der Waals surface area contributed by atoms with Gasteiger partial charge in [-0.05, 0) is 32.3 Å².